The first-order chi connectivity index (χ1) is 12.4. The maximum atomic E-state index is 14.0. The fourth-order valence-corrected chi connectivity index (χ4v) is 3.98. The summed E-state index contributed by atoms with van der Waals surface area (Å²) in [6.07, 6.45) is -4.08. The van der Waals surface area contributed by atoms with E-state index in [1.807, 2.05) is 20.8 Å². The van der Waals surface area contributed by atoms with Gasteiger partial charge in [-0.15, -0.1) is 0 Å². The highest BCUT2D eigenvalue weighted by Gasteiger charge is 2.69. The first-order valence-corrected chi connectivity index (χ1v) is 8.86. The molecule has 5 nitrogen and oxygen atoms in total. The van der Waals surface area contributed by atoms with Gasteiger partial charge in [0.05, 0.1) is 11.5 Å². The molecule has 1 aliphatic carbocycles. The number of alkyl halides is 3. The molecule has 0 unspecified atom stereocenters. The van der Waals surface area contributed by atoms with Gasteiger partial charge in [-0.05, 0) is 42.7 Å². The summed E-state index contributed by atoms with van der Waals surface area (Å²) in [5, 5.41) is 24.6. The van der Waals surface area contributed by atoms with Gasteiger partial charge >= 0.3 is 6.18 Å². The van der Waals surface area contributed by atoms with E-state index < -0.39 is 29.5 Å². The predicted octanol–water partition coefficient (Wildman–Crippen LogP) is 3.92. The lowest BCUT2D eigenvalue weighted by Gasteiger charge is -2.42. The Hall–Kier alpha value is -2.09. The molecule has 0 saturated heterocycles. The highest BCUT2D eigenvalue weighted by molar-refractivity contribution is 6.01. The van der Waals surface area contributed by atoms with Crippen LogP contribution in [0.2, 0.25) is 0 Å². The lowest BCUT2D eigenvalue weighted by molar-refractivity contribution is -0.314. The largest absolute Gasteiger partial charge is 0.507 e. The zero-order valence-corrected chi connectivity index (χ0v) is 15.4. The van der Waals surface area contributed by atoms with Crippen molar-refractivity contribution < 1.29 is 28.2 Å². The number of phenolic OH excluding ortho intramolecular Hbond substituents is 1. The fraction of sp³-hybridized carbons (Fsp3) is 0.579. The summed E-state index contributed by atoms with van der Waals surface area (Å²) < 4.78 is 42.0. The monoisotopic (exact) mass is 384 g/mol. The maximum absolute atomic E-state index is 14.0. The number of phenols is 1. The van der Waals surface area contributed by atoms with Crippen LogP contribution in [-0.4, -0.2) is 38.7 Å². The van der Waals surface area contributed by atoms with Crippen LogP contribution in [0, 0.1) is 17.3 Å². The molecular formula is C19H23F3N2O3. The third-order valence-electron chi connectivity index (χ3n) is 5.68. The molecule has 0 spiro atoms. The van der Waals surface area contributed by atoms with Gasteiger partial charge in [0.1, 0.15) is 5.75 Å². The minimum absolute atomic E-state index is 0.0458. The number of para-hydroxylation sites is 1. The summed E-state index contributed by atoms with van der Waals surface area (Å²) in [5.74, 6) is -3.00. The van der Waals surface area contributed by atoms with Gasteiger partial charge in [0, 0.05) is 5.71 Å². The summed E-state index contributed by atoms with van der Waals surface area (Å²) in [7, 11) is 0. The number of fused-ring (bicyclic) bond motifs is 1. The van der Waals surface area contributed by atoms with E-state index in [1.165, 1.54) is 24.3 Å². The van der Waals surface area contributed by atoms with Crippen LogP contribution < -0.4 is 0 Å². The summed E-state index contributed by atoms with van der Waals surface area (Å²) in [5.41, 5.74) is -3.81. The molecule has 1 amide bonds. The normalized spacial score (nSPS) is 28.7. The van der Waals surface area contributed by atoms with Crippen LogP contribution in [0.15, 0.2) is 29.4 Å². The van der Waals surface area contributed by atoms with E-state index in [0.717, 1.165) is 0 Å². The van der Waals surface area contributed by atoms with Crippen LogP contribution in [0.25, 0.3) is 0 Å². The average Bonchev–Trinajstić information content (AvgIpc) is 2.87. The van der Waals surface area contributed by atoms with Gasteiger partial charge in [0.2, 0.25) is 0 Å². The number of carbonyl (C=O) groups is 1. The van der Waals surface area contributed by atoms with Crippen LogP contribution in [-0.2, 0) is 0 Å². The zero-order valence-electron chi connectivity index (χ0n) is 15.4. The van der Waals surface area contributed by atoms with E-state index in [4.69, 9.17) is 0 Å². The van der Waals surface area contributed by atoms with Gasteiger partial charge in [-0.3, -0.25) is 4.79 Å². The minimum atomic E-state index is -5.09. The number of amides is 1. The molecule has 0 radical (unpaired) electrons. The molecule has 1 fully saturated rings. The topological polar surface area (TPSA) is 73.1 Å². The molecule has 1 aromatic rings. The first kappa shape index (κ1) is 19.7. The number of hydrazone groups is 1. The summed E-state index contributed by atoms with van der Waals surface area (Å²) >= 11 is 0. The number of aliphatic hydroxyl groups is 1. The van der Waals surface area contributed by atoms with Crippen molar-refractivity contribution in [3.05, 3.63) is 29.8 Å². The van der Waals surface area contributed by atoms with Crippen molar-refractivity contribution in [2.45, 2.75) is 51.9 Å². The van der Waals surface area contributed by atoms with Gasteiger partial charge in [-0.2, -0.15) is 23.3 Å². The van der Waals surface area contributed by atoms with Gasteiger partial charge in [-0.1, -0.05) is 32.9 Å². The number of benzene rings is 1. The van der Waals surface area contributed by atoms with E-state index in [1.54, 1.807) is 0 Å². The zero-order chi connectivity index (χ0) is 20.2. The van der Waals surface area contributed by atoms with Crippen molar-refractivity contribution >= 4 is 11.6 Å². The van der Waals surface area contributed by atoms with Crippen molar-refractivity contribution in [2.75, 3.05) is 0 Å². The summed E-state index contributed by atoms with van der Waals surface area (Å²) in [6, 6.07) is 5.28. The molecule has 2 N–H and O–H groups in total. The second kappa shape index (κ2) is 6.22. The molecule has 0 bridgehead atoms. The Kier molecular flexibility index (Phi) is 4.53. The number of carbonyl (C=O) groups excluding carboxylic acids is 1. The van der Waals surface area contributed by atoms with E-state index >= 15 is 0 Å². The molecule has 1 heterocycles. The van der Waals surface area contributed by atoms with Gasteiger partial charge in [0.15, 0.2) is 0 Å². The average molecular weight is 384 g/mol. The van der Waals surface area contributed by atoms with Gasteiger partial charge < -0.3 is 10.2 Å². The second-order valence-corrected chi connectivity index (χ2v) is 8.34. The Morgan fingerprint density at radius 3 is 2.44 bits per heavy atom. The number of hydrogen-bond acceptors (Lipinski definition) is 4. The quantitative estimate of drug-likeness (QED) is 0.771. The van der Waals surface area contributed by atoms with Crippen molar-refractivity contribution in [3.8, 4) is 5.75 Å². The Balaban J connectivity index is 2.04. The molecule has 1 aliphatic heterocycles. The highest BCUT2D eigenvalue weighted by Crippen LogP contribution is 2.52. The van der Waals surface area contributed by atoms with Crippen LogP contribution in [0.3, 0.4) is 0 Å². The molecule has 1 aromatic carbocycles. The first-order valence-electron chi connectivity index (χ1n) is 8.86. The smallest absolute Gasteiger partial charge is 0.439 e. The molecule has 0 aromatic heterocycles. The predicted molar refractivity (Wildman–Crippen MR) is 93.0 cm³/mol. The van der Waals surface area contributed by atoms with Crippen LogP contribution in [0.4, 0.5) is 13.2 Å². The summed E-state index contributed by atoms with van der Waals surface area (Å²) in [6.45, 7) is 5.85. The molecule has 8 heteroatoms. The van der Waals surface area contributed by atoms with E-state index in [9.17, 15) is 28.2 Å². The fourth-order valence-electron chi connectivity index (χ4n) is 3.98. The molecular weight excluding hydrogens is 361 g/mol. The van der Waals surface area contributed by atoms with Gasteiger partial charge in [-0.25, -0.2) is 0 Å². The lowest BCUT2D eigenvalue weighted by Crippen LogP contribution is -2.62. The lowest BCUT2D eigenvalue weighted by atomic mass is 9.66. The van der Waals surface area contributed by atoms with E-state index in [2.05, 4.69) is 5.10 Å². The second-order valence-electron chi connectivity index (χ2n) is 8.34. The third-order valence-corrected chi connectivity index (χ3v) is 5.68. The highest BCUT2D eigenvalue weighted by atomic mass is 19.4. The number of rotatable bonds is 1. The molecule has 1 saturated carbocycles. The van der Waals surface area contributed by atoms with E-state index in [0.29, 0.717) is 6.42 Å². The van der Waals surface area contributed by atoms with Crippen LogP contribution in [0.1, 0.15) is 50.4 Å². The third kappa shape index (κ3) is 3.09. The van der Waals surface area contributed by atoms with E-state index in [-0.39, 0.29) is 40.5 Å². The van der Waals surface area contributed by atoms with Crippen molar-refractivity contribution in [1.29, 1.82) is 0 Å². The van der Waals surface area contributed by atoms with Crippen molar-refractivity contribution in [3.63, 3.8) is 0 Å². The molecule has 27 heavy (non-hydrogen) atoms. The summed E-state index contributed by atoms with van der Waals surface area (Å²) in [4.78, 5) is 12.8. The number of hydrogen-bond donors (Lipinski definition) is 2. The van der Waals surface area contributed by atoms with Crippen molar-refractivity contribution in [1.82, 2.24) is 5.01 Å². The number of halogens is 3. The Labute approximate surface area is 155 Å². The van der Waals surface area contributed by atoms with Crippen LogP contribution in [0.5, 0.6) is 5.75 Å². The minimum Gasteiger partial charge on any atom is -0.507 e. The van der Waals surface area contributed by atoms with Gasteiger partial charge in [0.25, 0.3) is 11.6 Å². The Bertz CT molecular complexity index is 785. The number of aromatic hydroxyl groups is 1. The SMILES string of the molecule is CC(C)(C)[C@@H]1CCC2=NN(C(=O)c3ccccc3O)[C@@](O)(C(F)(F)F)[C@H]2C1. The molecule has 148 valence electrons. The molecule has 3 atom stereocenters. The Morgan fingerprint density at radius 1 is 1.26 bits per heavy atom. The maximum Gasteiger partial charge on any atom is 0.439 e. The van der Waals surface area contributed by atoms with Crippen LogP contribution >= 0.6 is 0 Å². The number of nitrogens with zero attached hydrogens (tertiary/aromatic N) is 2. The Morgan fingerprint density at radius 2 is 1.89 bits per heavy atom. The molecule has 3 rings (SSSR count). The van der Waals surface area contributed by atoms with Crippen molar-refractivity contribution in [2.24, 2.45) is 22.4 Å². The standard InChI is InChI=1S/C19H23F3N2O3/c1-17(2,3)11-8-9-14-13(10-11)18(27,19(20,21)22)24(23-14)16(26)12-6-4-5-7-15(12)25/h4-7,11,13,25,27H,8-10H2,1-3H3/t11-,13+,18+/m1/s1. The molecule has 2 aliphatic rings.